The van der Waals surface area contributed by atoms with Crippen molar-refractivity contribution in [2.45, 2.75) is 31.9 Å². The van der Waals surface area contributed by atoms with E-state index in [2.05, 4.69) is 22.5 Å². The largest absolute Gasteiger partial charge is 0.497 e. The van der Waals surface area contributed by atoms with Gasteiger partial charge in [0.05, 0.1) is 12.8 Å². The Morgan fingerprint density at radius 2 is 2.00 bits per heavy atom. The van der Waals surface area contributed by atoms with Gasteiger partial charge in [-0.05, 0) is 48.7 Å². The zero-order valence-electron chi connectivity index (χ0n) is 16.1. The van der Waals surface area contributed by atoms with Crippen LogP contribution >= 0.6 is 11.8 Å². The summed E-state index contributed by atoms with van der Waals surface area (Å²) in [5, 5.41) is 5.64. The van der Waals surface area contributed by atoms with Gasteiger partial charge < -0.3 is 15.4 Å². The van der Waals surface area contributed by atoms with Gasteiger partial charge >= 0.3 is 0 Å². The van der Waals surface area contributed by atoms with Gasteiger partial charge in [0.15, 0.2) is 5.17 Å². The SMILES string of the molecule is CCc1cccc(C)c1N=C1NC(=O)[C@@H](CC(=O)Nc2ccc(OC)cc2)S1. The Kier molecular flexibility index (Phi) is 6.36. The average Bonchev–Trinajstić information content (AvgIpc) is 3.02. The van der Waals surface area contributed by atoms with Crippen LogP contribution in [0.1, 0.15) is 24.5 Å². The van der Waals surface area contributed by atoms with Crippen molar-refractivity contribution in [3.8, 4) is 5.75 Å². The van der Waals surface area contributed by atoms with Gasteiger partial charge in [0.1, 0.15) is 11.0 Å². The summed E-state index contributed by atoms with van der Waals surface area (Å²) in [4.78, 5) is 29.2. The highest BCUT2D eigenvalue weighted by atomic mass is 32.2. The summed E-state index contributed by atoms with van der Waals surface area (Å²) in [6.07, 6.45) is 0.941. The highest BCUT2D eigenvalue weighted by molar-refractivity contribution is 8.15. The molecule has 3 rings (SSSR count). The van der Waals surface area contributed by atoms with Gasteiger partial charge in [0, 0.05) is 12.1 Å². The fourth-order valence-electron chi connectivity index (χ4n) is 2.91. The maximum Gasteiger partial charge on any atom is 0.240 e. The molecule has 1 saturated heterocycles. The van der Waals surface area contributed by atoms with E-state index in [0.717, 1.165) is 23.2 Å². The van der Waals surface area contributed by atoms with Crippen molar-refractivity contribution in [2.75, 3.05) is 12.4 Å². The molecule has 2 amide bonds. The van der Waals surface area contributed by atoms with Crippen LogP contribution in [-0.2, 0) is 16.0 Å². The number of thioether (sulfide) groups is 1. The van der Waals surface area contributed by atoms with Crippen molar-refractivity contribution in [1.29, 1.82) is 0 Å². The number of benzene rings is 2. The van der Waals surface area contributed by atoms with Crippen LogP contribution in [0.15, 0.2) is 47.5 Å². The fourth-order valence-corrected chi connectivity index (χ4v) is 3.89. The maximum atomic E-state index is 12.3. The van der Waals surface area contributed by atoms with Gasteiger partial charge in [-0.2, -0.15) is 0 Å². The summed E-state index contributed by atoms with van der Waals surface area (Å²) < 4.78 is 5.10. The lowest BCUT2D eigenvalue weighted by Gasteiger charge is -2.08. The first kappa shape index (κ1) is 19.9. The maximum absolute atomic E-state index is 12.3. The van der Waals surface area contributed by atoms with E-state index in [9.17, 15) is 9.59 Å². The average molecular weight is 398 g/mol. The first-order chi connectivity index (χ1) is 13.5. The molecule has 28 heavy (non-hydrogen) atoms. The molecule has 146 valence electrons. The number of methoxy groups -OCH3 is 1. The van der Waals surface area contributed by atoms with E-state index in [1.807, 2.05) is 25.1 Å². The van der Waals surface area contributed by atoms with E-state index in [-0.39, 0.29) is 18.2 Å². The number of para-hydroxylation sites is 1. The summed E-state index contributed by atoms with van der Waals surface area (Å²) in [5.41, 5.74) is 3.73. The number of carbonyl (C=O) groups excluding carboxylic acids is 2. The molecule has 1 aliphatic heterocycles. The number of rotatable bonds is 6. The minimum atomic E-state index is -0.494. The first-order valence-corrected chi connectivity index (χ1v) is 9.96. The molecule has 6 nitrogen and oxygen atoms in total. The van der Waals surface area contributed by atoms with Gasteiger partial charge in [0.25, 0.3) is 0 Å². The van der Waals surface area contributed by atoms with Gasteiger partial charge in [0.2, 0.25) is 11.8 Å². The number of aryl methyl sites for hydroxylation is 2. The highest BCUT2D eigenvalue weighted by Gasteiger charge is 2.32. The number of hydrogen-bond donors (Lipinski definition) is 2. The molecule has 0 aliphatic carbocycles. The first-order valence-electron chi connectivity index (χ1n) is 9.08. The van der Waals surface area contributed by atoms with Gasteiger partial charge in [-0.1, -0.05) is 36.9 Å². The van der Waals surface area contributed by atoms with Gasteiger partial charge in [-0.3, -0.25) is 9.59 Å². The molecule has 1 heterocycles. The van der Waals surface area contributed by atoms with Crippen LogP contribution in [0.5, 0.6) is 5.75 Å². The molecule has 0 saturated carbocycles. The fraction of sp³-hybridized carbons (Fsp3) is 0.286. The zero-order valence-corrected chi connectivity index (χ0v) is 16.9. The molecule has 7 heteroatoms. The van der Waals surface area contributed by atoms with Crippen LogP contribution in [0.4, 0.5) is 11.4 Å². The van der Waals surface area contributed by atoms with Crippen molar-refractivity contribution >= 4 is 40.1 Å². The summed E-state index contributed by atoms with van der Waals surface area (Å²) in [5.74, 6) is 0.303. The molecule has 0 spiro atoms. The predicted octanol–water partition coefficient (Wildman–Crippen LogP) is 3.81. The molecule has 0 radical (unpaired) electrons. The lowest BCUT2D eigenvalue weighted by Crippen LogP contribution is -2.28. The van der Waals surface area contributed by atoms with Crippen LogP contribution in [0.3, 0.4) is 0 Å². The Labute approximate surface area is 168 Å². The van der Waals surface area contributed by atoms with E-state index in [1.54, 1.807) is 31.4 Å². The lowest BCUT2D eigenvalue weighted by molar-refractivity contribution is -0.122. The molecular formula is C21H23N3O3S. The van der Waals surface area contributed by atoms with E-state index < -0.39 is 5.25 Å². The standard InChI is InChI=1S/C21H23N3O3S/c1-4-14-7-5-6-13(2)19(14)23-21-24-20(26)17(28-21)12-18(25)22-15-8-10-16(27-3)11-9-15/h5-11,17H,4,12H2,1-3H3,(H,22,25)(H,23,24,26)/t17-/m1/s1. The Morgan fingerprint density at radius 3 is 2.68 bits per heavy atom. The lowest BCUT2D eigenvalue weighted by atomic mass is 10.1. The molecule has 0 unspecified atom stereocenters. The number of nitrogens with one attached hydrogen (secondary N) is 2. The second-order valence-electron chi connectivity index (χ2n) is 6.43. The van der Waals surface area contributed by atoms with Crippen molar-refractivity contribution < 1.29 is 14.3 Å². The zero-order chi connectivity index (χ0) is 20.1. The normalized spacial score (nSPS) is 17.5. The smallest absolute Gasteiger partial charge is 0.240 e. The summed E-state index contributed by atoms with van der Waals surface area (Å²) in [6, 6.07) is 13.1. The third kappa shape index (κ3) is 4.72. The van der Waals surface area contributed by atoms with Crippen molar-refractivity contribution in [3.05, 3.63) is 53.6 Å². The quantitative estimate of drug-likeness (QED) is 0.777. The van der Waals surface area contributed by atoms with Gasteiger partial charge in [-0.15, -0.1) is 0 Å². The Morgan fingerprint density at radius 1 is 1.25 bits per heavy atom. The number of nitrogens with zero attached hydrogens (tertiary/aromatic N) is 1. The Hall–Kier alpha value is -2.80. The second-order valence-corrected chi connectivity index (χ2v) is 7.62. The molecule has 1 fully saturated rings. The van der Waals surface area contributed by atoms with E-state index in [1.165, 1.54) is 11.8 Å². The van der Waals surface area contributed by atoms with Gasteiger partial charge in [-0.25, -0.2) is 4.99 Å². The van der Waals surface area contributed by atoms with Crippen LogP contribution in [-0.4, -0.2) is 29.3 Å². The van der Waals surface area contributed by atoms with Crippen molar-refractivity contribution in [1.82, 2.24) is 5.32 Å². The van der Waals surface area contributed by atoms with Crippen molar-refractivity contribution in [3.63, 3.8) is 0 Å². The third-order valence-corrected chi connectivity index (χ3v) is 5.52. The van der Waals surface area contributed by atoms with E-state index >= 15 is 0 Å². The number of ether oxygens (including phenoxy) is 1. The summed E-state index contributed by atoms with van der Waals surface area (Å²) in [7, 11) is 1.59. The predicted molar refractivity (Wildman–Crippen MR) is 113 cm³/mol. The number of carbonyl (C=O) groups is 2. The highest BCUT2D eigenvalue weighted by Crippen LogP contribution is 2.29. The van der Waals surface area contributed by atoms with Crippen LogP contribution < -0.4 is 15.4 Å². The minimum Gasteiger partial charge on any atom is -0.497 e. The molecular weight excluding hydrogens is 374 g/mol. The topological polar surface area (TPSA) is 79.8 Å². The van der Waals surface area contributed by atoms with Crippen molar-refractivity contribution in [2.24, 2.45) is 4.99 Å². The molecule has 0 aromatic heterocycles. The van der Waals surface area contributed by atoms with Crippen LogP contribution in [0.2, 0.25) is 0 Å². The summed E-state index contributed by atoms with van der Waals surface area (Å²) >= 11 is 1.29. The Balaban J connectivity index is 1.65. The molecule has 1 aliphatic rings. The number of amides is 2. The minimum absolute atomic E-state index is 0.0793. The molecule has 2 aromatic rings. The second kappa shape index (κ2) is 8.93. The number of amidine groups is 1. The van der Waals surface area contributed by atoms with E-state index in [0.29, 0.717) is 16.6 Å². The van der Waals surface area contributed by atoms with E-state index in [4.69, 9.17) is 4.74 Å². The molecule has 1 atom stereocenters. The summed E-state index contributed by atoms with van der Waals surface area (Å²) in [6.45, 7) is 4.07. The molecule has 0 bridgehead atoms. The van der Waals surface area contributed by atoms with Crippen LogP contribution in [0.25, 0.3) is 0 Å². The number of hydrogen-bond acceptors (Lipinski definition) is 5. The molecule has 2 N–H and O–H groups in total. The monoisotopic (exact) mass is 397 g/mol. The number of aliphatic imine (C=N–C) groups is 1. The third-order valence-electron chi connectivity index (χ3n) is 4.44. The molecule has 2 aromatic carbocycles. The van der Waals surface area contributed by atoms with Crippen LogP contribution in [0, 0.1) is 6.92 Å². The Bertz CT molecular complexity index is 910. The number of anilines is 1.